The second-order valence-corrected chi connectivity index (χ2v) is 8.16. The molecule has 32 heavy (non-hydrogen) atoms. The summed E-state index contributed by atoms with van der Waals surface area (Å²) in [4.78, 5) is 38.4. The quantitative estimate of drug-likeness (QED) is 0.546. The molecule has 0 radical (unpaired) electrons. The van der Waals surface area contributed by atoms with Gasteiger partial charge in [-0.25, -0.2) is 0 Å². The number of amides is 1. The maximum atomic E-state index is 13.0. The fourth-order valence-corrected chi connectivity index (χ4v) is 3.62. The van der Waals surface area contributed by atoms with Gasteiger partial charge in [0.2, 0.25) is 0 Å². The first-order chi connectivity index (χ1) is 15.1. The van der Waals surface area contributed by atoms with Crippen molar-refractivity contribution in [3.8, 4) is 5.75 Å². The molecule has 1 aliphatic rings. The van der Waals surface area contributed by atoms with Gasteiger partial charge in [0.05, 0.1) is 24.1 Å². The van der Waals surface area contributed by atoms with E-state index in [0.717, 1.165) is 5.56 Å². The first-order valence-electron chi connectivity index (χ1n) is 10.3. The molecule has 0 spiro atoms. The topological polar surface area (TPSA) is 120 Å². The van der Waals surface area contributed by atoms with Crippen molar-refractivity contribution < 1.29 is 24.2 Å². The molecule has 2 aromatic rings. The lowest BCUT2D eigenvalue weighted by Crippen LogP contribution is -2.31. The van der Waals surface area contributed by atoms with E-state index in [4.69, 9.17) is 10.1 Å². The first kappa shape index (κ1) is 23.0. The average molecular weight is 437 g/mol. The molecule has 3 rings (SSSR count). The molecule has 2 aromatic carbocycles. The van der Waals surface area contributed by atoms with Crippen molar-refractivity contribution in [2.24, 2.45) is 0 Å². The third-order valence-corrected chi connectivity index (χ3v) is 5.68. The van der Waals surface area contributed by atoms with Gasteiger partial charge in [-0.1, -0.05) is 18.2 Å². The van der Waals surface area contributed by atoms with Crippen LogP contribution < -0.4 is 10.1 Å². The number of fused-ring (bicyclic) bond motifs is 1. The van der Waals surface area contributed by atoms with Crippen LogP contribution in [0, 0.1) is 5.41 Å². The van der Waals surface area contributed by atoms with Crippen molar-refractivity contribution in [2.75, 3.05) is 20.2 Å². The van der Waals surface area contributed by atoms with Crippen LogP contribution in [-0.2, 0) is 16.8 Å². The molecular formula is C24H27N3O5. The molecule has 0 aliphatic carbocycles. The Morgan fingerprint density at radius 2 is 1.94 bits per heavy atom. The van der Waals surface area contributed by atoms with E-state index in [2.05, 4.69) is 5.32 Å². The van der Waals surface area contributed by atoms with Crippen molar-refractivity contribution in [3.63, 3.8) is 0 Å². The summed E-state index contributed by atoms with van der Waals surface area (Å²) in [5.41, 5.74) is 1.53. The molecule has 1 amide bonds. The number of rotatable bonds is 8. The normalized spacial score (nSPS) is 13.0. The summed E-state index contributed by atoms with van der Waals surface area (Å²) in [7, 11) is 1.53. The summed E-state index contributed by atoms with van der Waals surface area (Å²) in [6.45, 7) is 5.70. The third-order valence-electron chi connectivity index (χ3n) is 5.68. The number of carbonyl (C=O) groups excluding carboxylic acids is 2. The number of benzene rings is 2. The zero-order valence-corrected chi connectivity index (χ0v) is 18.6. The summed E-state index contributed by atoms with van der Waals surface area (Å²) in [6.07, 6.45) is 0. The Morgan fingerprint density at radius 3 is 2.56 bits per heavy atom. The molecule has 0 saturated carbocycles. The fraction of sp³-hybridized carbons (Fsp3) is 0.333. The molecule has 8 nitrogen and oxygen atoms in total. The van der Waals surface area contributed by atoms with E-state index in [0.29, 0.717) is 41.2 Å². The summed E-state index contributed by atoms with van der Waals surface area (Å²) in [6, 6.07) is 9.98. The summed E-state index contributed by atoms with van der Waals surface area (Å²) in [5, 5.41) is 20.6. The van der Waals surface area contributed by atoms with Gasteiger partial charge in [0.1, 0.15) is 11.6 Å². The van der Waals surface area contributed by atoms with Crippen molar-refractivity contribution in [2.45, 2.75) is 32.7 Å². The standard InChI is InChI=1S/C24H27N3O5/c1-5-32-20-10-15-12-27(21(25)17(15)11-18(20)22(29)26-4)13-19(28)14-7-6-8-16(9-14)24(2,3)23(30)31/h6-11,25H,5,12-13H2,1-4H3,(H,26,29)(H,30,31). The number of hydrogen-bond donors (Lipinski definition) is 3. The molecule has 168 valence electrons. The maximum absolute atomic E-state index is 13.0. The van der Waals surface area contributed by atoms with Crippen LogP contribution in [-0.4, -0.2) is 53.7 Å². The maximum Gasteiger partial charge on any atom is 0.313 e. The lowest BCUT2D eigenvalue weighted by atomic mass is 9.84. The molecule has 1 heterocycles. The van der Waals surface area contributed by atoms with Gasteiger partial charge < -0.3 is 20.1 Å². The highest BCUT2D eigenvalue weighted by Gasteiger charge is 2.31. The number of hydrogen-bond acceptors (Lipinski definition) is 5. The van der Waals surface area contributed by atoms with Gasteiger partial charge in [-0.05, 0) is 50.1 Å². The largest absolute Gasteiger partial charge is 0.493 e. The second kappa shape index (κ2) is 8.82. The van der Waals surface area contributed by atoms with Gasteiger partial charge in [-0.15, -0.1) is 0 Å². The number of aliphatic carboxylic acids is 1. The minimum atomic E-state index is -1.13. The zero-order chi connectivity index (χ0) is 23.6. The molecule has 0 aromatic heterocycles. The lowest BCUT2D eigenvalue weighted by Gasteiger charge is -2.21. The third kappa shape index (κ3) is 4.21. The highest BCUT2D eigenvalue weighted by Crippen LogP contribution is 2.31. The lowest BCUT2D eigenvalue weighted by molar-refractivity contribution is -0.142. The van der Waals surface area contributed by atoms with Crippen molar-refractivity contribution in [1.29, 1.82) is 5.41 Å². The minimum absolute atomic E-state index is 0.0380. The van der Waals surface area contributed by atoms with Crippen LogP contribution in [0.5, 0.6) is 5.75 Å². The molecule has 0 fully saturated rings. The molecule has 0 bridgehead atoms. The Morgan fingerprint density at radius 1 is 1.22 bits per heavy atom. The van der Waals surface area contributed by atoms with E-state index in [-0.39, 0.29) is 24.1 Å². The fourth-order valence-electron chi connectivity index (χ4n) is 3.62. The number of ether oxygens (including phenoxy) is 1. The molecule has 0 saturated heterocycles. The Bertz CT molecular complexity index is 1110. The van der Waals surface area contributed by atoms with Gasteiger partial charge in [-0.2, -0.15) is 0 Å². The van der Waals surface area contributed by atoms with Crippen LogP contribution in [0.15, 0.2) is 36.4 Å². The highest BCUT2D eigenvalue weighted by molar-refractivity contribution is 6.07. The van der Waals surface area contributed by atoms with Gasteiger partial charge in [-0.3, -0.25) is 19.8 Å². The first-order valence-corrected chi connectivity index (χ1v) is 10.3. The Kier molecular flexibility index (Phi) is 6.34. The van der Waals surface area contributed by atoms with Gasteiger partial charge in [0, 0.05) is 24.7 Å². The van der Waals surface area contributed by atoms with Crippen molar-refractivity contribution >= 4 is 23.5 Å². The van der Waals surface area contributed by atoms with Crippen LogP contribution in [0.1, 0.15) is 58.2 Å². The smallest absolute Gasteiger partial charge is 0.313 e. The minimum Gasteiger partial charge on any atom is -0.493 e. The number of nitrogens with one attached hydrogen (secondary N) is 2. The predicted molar refractivity (Wildman–Crippen MR) is 120 cm³/mol. The molecular weight excluding hydrogens is 410 g/mol. The second-order valence-electron chi connectivity index (χ2n) is 8.16. The SMILES string of the molecule is CCOc1cc2c(cc1C(=O)NC)C(=N)N(CC(=O)c1cccc(C(C)(C)C(=O)O)c1)C2. The van der Waals surface area contributed by atoms with E-state index in [1.165, 1.54) is 7.05 Å². The number of Topliss-reactive ketones (excluding diaryl/α,β-unsaturated/α-hetero) is 1. The Hall–Kier alpha value is -3.68. The number of carboxylic acid groups (broad SMARTS) is 1. The Labute approximate surface area is 186 Å². The number of nitrogens with zero attached hydrogens (tertiary/aromatic N) is 1. The van der Waals surface area contributed by atoms with Crippen LogP contribution >= 0.6 is 0 Å². The number of ketones is 1. The van der Waals surface area contributed by atoms with Crippen LogP contribution in [0.2, 0.25) is 0 Å². The van der Waals surface area contributed by atoms with E-state index in [1.54, 1.807) is 55.1 Å². The van der Waals surface area contributed by atoms with E-state index >= 15 is 0 Å². The number of carbonyl (C=O) groups is 3. The van der Waals surface area contributed by atoms with Crippen LogP contribution in [0.25, 0.3) is 0 Å². The van der Waals surface area contributed by atoms with Crippen LogP contribution in [0.3, 0.4) is 0 Å². The molecule has 1 aliphatic heterocycles. The monoisotopic (exact) mass is 437 g/mol. The molecule has 0 unspecified atom stereocenters. The van der Waals surface area contributed by atoms with E-state index in [1.807, 2.05) is 6.92 Å². The summed E-state index contributed by atoms with van der Waals surface area (Å²) < 4.78 is 5.61. The van der Waals surface area contributed by atoms with E-state index in [9.17, 15) is 19.5 Å². The van der Waals surface area contributed by atoms with E-state index < -0.39 is 11.4 Å². The number of carboxylic acids is 1. The molecule has 0 atom stereocenters. The van der Waals surface area contributed by atoms with Gasteiger partial charge in [0.15, 0.2) is 5.78 Å². The average Bonchev–Trinajstić information content (AvgIpc) is 3.07. The van der Waals surface area contributed by atoms with Crippen molar-refractivity contribution in [3.05, 3.63) is 64.2 Å². The van der Waals surface area contributed by atoms with Gasteiger partial charge >= 0.3 is 5.97 Å². The van der Waals surface area contributed by atoms with Crippen LogP contribution in [0.4, 0.5) is 0 Å². The Balaban J connectivity index is 1.85. The summed E-state index contributed by atoms with van der Waals surface area (Å²) >= 11 is 0. The number of amidine groups is 1. The summed E-state index contributed by atoms with van der Waals surface area (Å²) in [5.74, 6) is -0.909. The molecule has 3 N–H and O–H groups in total. The predicted octanol–water partition coefficient (Wildman–Crippen LogP) is 2.83. The van der Waals surface area contributed by atoms with Gasteiger partial charge in [0.25, 0.3) is 5.91 Å². The zero-order valence-electron chi connectivity index (χ0n) is 18.6. The van der Waals surface area contributed by atoms with Crippen molar-refractivity contribution in [1.82, 2.24) is 10.2 Å². The molecule has 8 heteroatoms. The highest BCUT2D eigenvalue weighted by atomic mass is 16.5.